The number of carbonyl (C=O) groups is 2. The van der Waals surface area contributed by atoms with Crippen molar-refractivity contribution in [3.8, 4) is 0 Å². The molecular weight excluding hydrogens is 179 g/mol. The van der Waals surface area contributed by atoms with Crippen LogP contribution in [-0.4, -0.2) is 18.6 Å². The summed E-state index contributed by atoms with van der Waals surface area (Å²) >= 11 is 5.15. The van der Waals surface area contributed by atoms with E-state index in [4.69, 9.17) is 11.6 Å². The van der Waals surface area contributed by atoms with Crippen LogP contribution >= 0.6 is 11.6 Å². The van der Waals surface area contributed by atoms with Crippen molar-refractivity contribution in [2.24, 2.45) is 0 Å². The molecule has 4 nitrogen and oxygen atoms in total. The van der Waals surface area contributed by atoms with Crippen LogP contribution in [0.1, 0.15) is 0 Å². The Balaban J connectivity index is 3.47. The van der Waals surface area contributed by atoms with Crippen molar-refractivity contribution in [1.82, 2.24) is 0 Å². The van der Waals surface area contributed by atoms with Crippen molar-refractivity contribution in [1.29, 1.82) is 0 Å². The van der Waals surface area contributed by atoms with Crippen molar-refractivity contribution in [2.75, 3.05) is 6.61 Å². The van der Waals surface area contributed by atoms with E-state index < -0.39 is 12.0 Å². The summed E-state index contributed by atoms with van der Waals surface area (Å²) in [5.74, 6) is -1.72. The fourth-order valence-electron chi connectivity index (χ4n) is 0.180. The molecule has 0 bridgehead atoms. The Morgan fingerprint density at radius 1 is 1.55 bits per heavy atom. The highest BCUT2D eigenvalue weighted by atomic mass is 35.5. The fourth-order valence-corrected chi connectivity index (χ4v) is 0.224. The molecule has 0 spiro atoms. The zero-order valence-electron chi connectivity index (χ0n) is 5.30. The van der Waals surface area contributed by atoms with Crippen molar-refractivity contribution in [2.45, 2.75) is 0 Å². The van der Waals surface area contributed by atoms with Gasteiger partial charge in [-0.15, -0.1) is 0 Å². The Hall–Kier alpha value is -0.940. The van der Waals surface area contributed by atoms with Gasteiger partial charge >= 0.3 is 12.0 Å². The van der Waals surface area contributed by atoms with Gasteiger partial charge in [-0.3, -0.25) is 4.89 Å². The molecule has 0 aliphatic carbocycles. The minimum absolute atomic E-state index is 0.0594. The average Bonchev–Trinajstić information content (AvgIpc) is 1.86. The van der Waals surface area contributed by atoms with E-state index in [0.717, 1.165) is 0 Å². The molecule has 0 saturated carbocycles. The maximum absolute atomic E-state index is 11.4. The van der Waals surface area contributed by atoms with Gasteiger partial charge in [-0.05, 0) is 0 Å². The topological polar surface area (TPSA) is 52.6 Å². The van der Waals surface area contributed by atoms with Crippen molar-refractivity contribution < 1.29 is 23.8 Å². The number of hydrogen-bond donors (Lipinski definition) is 0. The minimum Gasteiger partial charge on any atom is -0.286 e. The molecule has 62 valence electrons. The molecule has 0 radical (unpaired) electrons. The van der Waals surface area contributed by atoms with Crippen molar-refractivity contribution >= 4 is 23.6 Å². The first-order chi connectivity index (χ1) is 5.04. The van der Waals surface area contributed by atoms with Gasteiger partial charge in [-0.1, -0.05) is 18.2 Å². The van der Waals surface area contributed by atoms with E-state index in [1.165, 1.54) is 0 Å². The normalized spacial score (nSPS) is 8.91. The lowest BCUT2D eigenvalue weighted by atomic mass is 10.7. The average molecular weight is 183 g/mol. The number of carbonyl (C=O) groups excluding carboxylic acids is 2. The molecule has 0 heterocycles. The van der Waals surface area contributed by atoms with E-state index >= 15 is 0 Å². The maximum atomic E-state index is 11.4. The number of rotatable bonds is 4. The van der Waals surface area contributed by atoms with Crippen molar-refractivity contribution in [3.05, 3.63) is 11.6 Å². The van der Waals surface area contributed by atoms with Gasteiger partial charge in [-0.2, -0.15) is 9.28 Å². The first-order valence-corrected chi connectivity index (χ1v) is 2.78. The van der Waals surface area contributed by atoms with Crippen LogP contribution in [0, 0.1) is 0 Å². The molecule has 0 aromatic rings. The maximum Gasteiger partial charge on any atom is 0.442 e. The van der Waals surface area contributed by atoms with Crippen LogP contribution in [-0.2, 0) is 19.4 Å². The van der Waals surface area contributed by atoms with Gasteiger partial charge in [0.2, 0.25) is 0 Å². The van der Waals surface area contributed by atoms with E-state index in [1.54, 1.807) is 0 Å². The smallest absolute Gasteiger partial charge is 0.286 e. The molecule has 0 saturated heterocycles. The highest BCUT2D eigenvalue weighted by Gasteiger charge is 2.14. The summed E-state index contributed by atoms with van der Waals surface area (Å²) in [6.45, 7) is 2.88. The van der Waals surface area contributed by atoms with Gasteiger partial charge in [0, 0.05) is 5.03 Å². The molecule has 0 aliphatic rings. The molecule has 0 rings (SSSR count). The van der Waals surface area contributed by atoms with Gasteiger partial charge < -0.3 is 0 Å². The zero-order chi connectivity index (χ0) is 8.85. The summed E-state index contributed by atoms with van der Waals surface area (Å²) in [5, 5.41) is 0.0594. The monoisotopic (exact) mass is 182 g/mol. The van der Waals surface area contributed by atoms with Crippen molar-refractivity contribution in [3.63, 3.8) is 0 Å². The Kier molecular flexibility index (Phi) is 4.40. The highest BCUT2D eigenvalue weighted by molar-refractivity contribution is 6.29. The van der Waals surface area contributed by atoms with E-state index in [-0.39, 0.29) is 11.6 Å². The van der Waals surface area contributed by atoms with Crippen LogP contribution in [0.25, 0.3) is 0 Å². The molecule has 0 amide bonds. The van der Waals surface area contributed by atoms with Crippen LogP contribution in [0.15, 0.2) is 11.6 Å². The third kappa shape index (κ3) is 5.50. The second kappa shape index (κ2) is 4.81. The second-order valence-electron chi connectivity index (χ2n) is 1.42. The molecule has 0 atom stereocenters. The Labute approximate surface area is 66.5 Å². The summed E-state index contributed by atoms with van der Waals surface area (Å²) < 4.78 is 11.4. The molecule has 0 aromatic heterocycles. The lowest BCUT2D eigenvalue weighted by Gasteiger charge is -1.97. The summed E-state index contributed by atoms with van der Waals surface area (Å²) in [6, 6.07) is -2.23. The first-order valence-electron chi connectivity index (χ1n) is 2.40. The quantitative estimate of drug-likeness (QED) is 0.278. The summed E-state index contributed by atoms with van der Waals surface area (Å²) in [7, 11) is 0. The van der Waals surface area contributed by atoms with Crippen LogP contribution in [0.4, 0.5) is 4.39 Å². The third-order valence-electron chi connectivity index (χ3n) is 0.511. The molecular formula is C5H4ClFO4. The fraction of sp³-hybridized carbons (Fsp3) is 0.200. The molecule has 0 unspecified atom stereocenters. The highest BCUT2D eigenvalue weighted by Crippen LogP contribution is 1.97. The summed E-state index contributed by atoms with van der Waals surface area (Å²) in [6.07, 6.45) is 0. The molecule has 0 aliphatic heterocycles. The minimum atomic E-state index is -2.23. The van der Waals surface area contributed by atoms with Crippen LogP contribution in [0.3, 0.4) is 0 Å². The Morgan fingerprint density at radius 2 is 2.09 bits per heavy atom. The largest absolute Gasteiger partial charge is 0.442 e. The van der Waals surface area contributed by atoms with E-state index in [2.05, 4.69) is 16.4 Å². The predicted molar refractivity (Wildman–Crippen MR) is 33.2 cm³/mol. The van der Waals surface area contributed by atoms with Gasteiger partial charge in [0.05, 0.1) is 0 Å². The molecule has 0 N–H and O–H groups in total. The molecule has 11 heavy (non-hydrogen) atoms. The molecule has 0 aromatic carbocycles. The second-order valence-corrected chi connectivity index (χ2v) is 1.96. The lowest BCUT2D eigenvalue weighted by Crippen LogP contribution is -2.13. The van der Waals surface area contributed by atoms with E-state index in [1.807, 2.05) is 0 Å². The lowest BCUT2D eigenvalue weighted by molar-refractivity contribution is -0.264. The SMILES string of the molecule is C=C(Cl)COOC(=O)C(=O)F. The molecule has 0 fully saturated rings. The predicted octanol–water partition coefficient (Wildman–Crippen LogP) is 0.710. The third-order valence-corrected chi connectivity index (χ3v) is 0.620. The zero-order valence-corrected chi connectivity index (χ0v) is 6.06. The van der Waals surface area contributed by atoms with E-state index in [0.29, 0.717) is 0 Å². The number of hydrogen-bond acceptors (Lipinski definition) is 4. The van der Waals surface area contributed by atoms with Gasteiger partial charge in [0.1, 0.15) is 6.61 Å². The summed E-state index contributed by atoms with van der Waals surface area (Å²) in [4.78, 5) is 27.1. The van der Waals surface area contributed by atoms with Gasteiger partial charge in [0.25, 0.3) is 0 Å². The van der Waals surface area contributed by atoms with E-state index in [9.17, 15) is 14.0 Å². The van der Waals surface area contributed by atoms with Crippen LogP contribution in [0.2, 0.25) is 0 Å². The van der Waals surface area contributed by atoms with Crippen LogP contribution < -0.4 is 0 Å². The standard InChI is InChI=1S/C5H4ClFO4/c1-3(6)2-10-11-5(9)4(7)8/h1-2H2. The first kappa shape index (κ1) is 10.1. The summed E-state index contributed by atoms with van der Waals surface area (Å²) in [5.41, 5.74) is 0. The number of halogens is 2. The van der Waals surface area contributed by atoms with Gasteiger partial charge in [-0.25, -0.2) is 9.59 Å². The van der Waals surface area contributed by atoms with Crippen LogP contribution in [0.5, 0.6) is 0 Å². The Morgan fingerprint density at radius 3 is 2.45 bits per heavy atom. The Bertz CT molecular complexity index is 191. The molecule has 6 heteroatoms. The van der Waals surface area contributed by atoms with Gasteiger partial charge in [0.15, 0.2) is 0 Å².